The highest BCUT2D eigenvalue weighted by Crippen LogP contribution is 2.23. The molecule has 0 saturated carbocycles. The second-order valence-electron chi connectivity index (χ2n) is 4.90. The van der Waals surface area contributed by atoms with Crippen molar-refractivity contribution < 1.29 is 13.2 Å². The van der Waals surface area contributed by atoms with Gasteiger partial charge in [0.25, 0.3) is 5.88 Å². The SMILES string of the molecule is N#Cc1nccnc1OC1CCN(S(=O)(=O)c2cccnc2)C1. The van der Waals surface area contributed by atoms with Crippen LogP contribution in [0.5, 0.6) is 5.88 Å². The van der Waals surface area contributed by atoms with Crippen LogP contribution < -0.4 is 4.74 Å². The lowest BCUT2D eigenvalue weighted by molar-refractivity contribution is 0.205. The molecule has 1 aliphatic rings. The van der Waals surface area contributed by atoms with E-state index in [1.54, 1.807) is 6.07 Å². The molecule has 23 heavy (non-hydrogen) atoms. The lowest BCUT2D eigenvalue weighted by atomic mass is 10.3. The first-order valence-electron chi connectivity index (χ1n) is 6.89. The van der Waals surface area contributed by atoms with Crippen LogP contribution in [0.15, 0.2) is 41.8 Å². The number of pyridine rings is 1. The first-order chi connectivity index (χ1) is 11.1. The second-order valence-corrected chi connectivity index (χ2v) is 6.84. The van der Waals surface area contributed by atoms with Crippen LogP contribution in [0.4, 0.5) is 0 Å². The molecule has 1 fully saturated rings. The van der Waals surface area contributed by atoms with E-state index >= 15 is 0 Å². The standard InChI is InChI=1S/C14H13N5O3S/c15-8-13-14(18-6-5-17-13)22-11-3-7-19(10-11)23(20,21)12-2-1-4-16-9-12/h1-2,4-6,9,11H,3,7,10H2. The molecule has 0 bridgehead atoms. The summed E-state index contributed by atoms with van der Waals surface area (Å²) < 4.78 is 32.0. The summed E-state index contributed by atoms with van der Waals surface area (Å²) in [7, 11) is -3.59. The highest BCUT2D eigenvalue weighted by Gasteiger charge is 2.34. The minimum Gasteiger partial charge on any atom is -0.471 e. The fraction of sp³-hybridized carbons (Fsp3) is 0.286. The Bertz CT molecular complexity index is 835. The first-order valence-corrected chi connectivity index (χ1v) is 8.33. The topological polar surface area (TPSA) is 109 Å². The van der Waals surface area contributed by atoms with Crippen molar-refractivity contribution in [2.24, 2.45) is 0 Å². The summed E-state index contributed by atoms with van der Waals surface area (Å²) in [6.45, 7) is 0.530. The molecule has 1 atom stereocenters. The average molecular weight is 331 g/mol. The molecule has 1 aliphatic heterocycles. The van der Waals surface area contributed by atoms with Gasteiger partial charge in [-0.2, -0.15) is 9.57 Å². The van der Waals surface area contributed by atoms with Gasteiger partial charge in [-0.05, 0) is 18.6 Å². The zero-order chi connectivity index (χ0) is 16.3. The highest BCUT2D eigenvalue weighted by molar-refractivity contribution is 7.89. The van der Waals surface area contributed by atoms with E-state index in [0.29, 0.717) is 13.0 Å². The van der Waals surface area contributed by atoms with Gasteiger partial charge in [-0.25, -0.2) is 18.4 Å². The van der Waals surface area contributed by atoms with E-state index in [-0.39, 0.29) is 29.1 Å². The fourth-order valence-electron chi connectivity index (χ4n) is 2.31. The molecule has 0 amide bonds. The summed E-state index contributed by atoms with van der Waals surface area (Å²) in [4.78, 5) is 11.8. The number of rotatable bonds is 4. The van der Waals surface area contributed by atoms with E-state index in [0.717, 1.165) is 0 Å². The van der Waals surface area contributed by atoms with Crippen LogP contribution in [0.25, 0.3) is 0 Å². The molecule has 2 aromatic rings. The first kappa shape index (κ1) is 15.3. The molecule has 8 nitrogen and oxygen atoms in total. The Morgan fingerprint density at radius 2 is 2.13 bits per heavy atom. The van der Waals surface area contributed by atoms with Gasteiger partial charge in [-0.15, -0.1) is 0 Å². The minimum absolute atomic E-state index is 0.0843. The molecular formula is C14H13N5O3S. The summed E-state index contributed by atoms with van der Waals surface area (Å²) in [5.41, 5.74) is 0.0843. The Hall–Kier alpha value is -2.57. The van der Waals surface area contributed by atoms with Gasteiger partial charge in [-0.1, -0.05) is 0 Å². The maximum atomic E-state index is 12.5. The van der Waals surface area contributed by atoms with E-state index in [2.05, 4.69) is 15.0 Å². The fourth-order valence-corrected chi connectivity index (χ4v) is 3.76. The van der Waals surface area contributed by atoms with Crippen LogP contribution in [0.3, 0.4) is 0 Å². The van der Waals surface area contributed by atoms with Crippen molar-refractivity contribution in [2.75, 3.05) is 13.1 Å². The molecule has 9 heteroatoms. The molecular weight excluding hydrogens is 318 g/mol. The second kappa shape index (κ2) is 6.28. The van der Waals surface area contributed by atoms with Crippen molar-refractivity contribution in [3.8, 4) is 11.9 Å². The maximum absolute atomic E-state index is 12.5. The summed E-state index contributed by atoms with van der Waals surface area (Å²) in [6, 6.07) is 4.98. The van der Waals surface area contributed by atoms with E-state index in [1.807, 2.05) is 6.07 Å². The molecule has 2 aromatic heterocycles. The van der Waals surface area contributed by atoms with E-state index in [9.17, 15) is 8.42 Å². The van der Waals surface area contributed by atoms with Crippen molar-refractivity contribution in [2.45, 2.75) is 17.4 Å². The minimum atomic E-state index is -3.59. The normalized spacial score (nSPS) is 18.5. The molecule has 0 aromatic carbocycles. The Morgan fingerprint density at radius 3 is 2.87 bits per heavy atom. The number of ether oxygens (including phenoxy) is 1. The van der Waals surface area contributed by atoms with Crippen LogP contribution in [0.2, 0.25) is 0 Å². The molecule has 0 aliphatic carbocycles. The summed E-state index contributed by atoms with van der Waals surface area (Å²) in [5.74, 6) is 0.126. The average Bonchev–Trinajstić information content (AvgIpc) is 3.05. The van der Waals surface area contributed by atoms with Gasteiger partial charge in [0, 0.05) is 31.3 Å². The summed E-state index contributed by atoms with van der Waals surface area (Å²) in [5, 5.41) is 8.98. The van der Waals surface area contributed by atoms with Crippen LogP contribution in [0.1, 0.15) is 12.1 Å². The van der Waals surface area contributed by atoms with Crippen molar-refractivity contribution in [3.05, 3.63) is 42.6 Å². The number of sulfonamides is 1. The highest BCUT2D eigenvalue weighted by atomic mass is 32.2. The zero-order valence-electron chi connectivity index (χ0n) is 12.0. The predicted octanol–water partition coefficient (Wildman–Crippen LogP) is 0.585. The lowest BCUT2D eigenvalue weighted by Gasteiger charge is -2.16. The number of nitriles is 1. The van der Waals surface area contributed by atoms with Gasteiger partial charge in [-0.3, -0.25) is 4.98 Å². The Balaban J connectivity index is 1.73. The largest absolute Gasteiger partial charge is 0.471 e. The third kappa shape index (κ3) is 3.13. The van der Waals surface area contributed by atoms with E-state index < -0.39 is 10.0 Å². The van der Waals surface area contributed by atoms with Gasteiger partial charge in [0.2, 0.25) is 15.7 Å². The Morgan fingerprint density at radius 1 is 1.30 bits per heavy atom. The maximum Gasteiger partial charge on any atom is 0.251 e. The van der Waals surface area contributed by atoms with Crippen molar-refractivity contribution >= 4 is 10.0 Å². The van der Waals surface area contributed by atoms with Crippen molar-refractivity contribution in [1.82, 2.24) is 19.3 Å². The quantitative estimate of drug-likeness (QED) is 0.806. The van der Waals surface area contributed by atoms with Gasteiger partial charge in [0.05, 0.1) is 6.54 Å². The Kier molecular flexibility index (Phi) is 4.18. The third-order valence-electron chi connectivity index (χ3n) is 3.43. The number of nitrogens with zero attached hydrogens (tertiary/aromatic N) is 5. The molecule has 1 saturated heterocycles. The van der Waals surface area contributed by atoms with Gasteiger partial charge >= 0.3 is 0 Å². The predicted molar refractivity (Wildman–Crippen MR) is 78.8 cm³/mol. The van der Waals surface area contributed by atoms with Gasteiger partial charge < -0.3 is 4.74 Å². The molecule has 1 unspecified atom stereocenters. The molecule has 3 heterocycles. The third-order valence-corrected chi connectivity index (χ3v) is 5.28. The van der Waals surface area contributed by atoms with Crippen LogP contribution in [-0.2, 0) is 10.0 Å². The molecule has 118 valence electrons. The van der Waals surface area contributed by atoms with Gasteiger partial charge in [0.15, 0.2) is 0 Å². The summed E-state index contributed by atoms with van der Waals surface area (Å²) >= 11 is 0. The lowest BCUT2D eigenvalue weighted by Crippen LogP contribution is -2.31. The van der Waals surface area contributed by atoms with E-state index in [4.69, 9.17) is 10.00 Å². The van der Waals surface area contributed by atoms with Crippen LogP contribution in [0, 0.1) is 11.3 Å². The number of hydrogen-bond donors (Lipinski definition) is 0. The molecule has 0 spiro atoms. The molecule has 3 rings (SSSR count). The van der Waals surface area contributed by atoms with Gasteiger partial charge in [0.1, 0.15) is 17.1 Å². The number of aromatic nitrogens is 3. The molecule has 0 N–H and O–H groups in total. The molecule has 0 radical (unpaired) electrons. The van der Waals surface area contributed by atoms with Crippen molar-refractivity contribution in [3.63, 3.8) is 0 Å². The Labute approximate surface area is 133 Å². The number of hydrogen-bond acceptors (Lipinski definition) is 7. The van der Waals surface area contributed by atoms with Crippen LogP contribution in [-0.4, -0.2) is 46.9 Å². The van der Waals surface area contributed by atoms with Crippen LogP contribution >= 0.6 is 0 Å². The monoisotopic (exact) mass is 331 g/mol. The summed E-state index contributed by atoms with van der Waals surface area (Å²) in [6.07, 6.45) is 5.81. The van der Waals surface area contributed by atoms with Crippen molar-refractivity contribution in [1.29, 1.82) is 5.26 Å². The van der Waals surface area contributed by atoms with E-state index in [1.165, 1.54) is 35.2 Å². The zero-order valence-corrected chi connectivity index (χ0v) is 12.8. The smallest absolute Gasteiger partial charge is 0.251 e.